The fraction of sp³-hybridized carbons (Fsp3) is 0. The lowest BCUT2D eigenvalue weighted by Gasteiger charge is -2.01. The van der Waals surface area contributed by atoms with Crippen LogP contribution in [0.3, 0.4) is 0 Å². The first-order chi connectivity index (χ1) is 11.6. The van der Waals surface area contributed by atoms with E-state index < -0.39 is 0 Å². The summed E-state index contributed by atoms with van der Waals surface area (Å²) in [7, 11) is 0. The molecule has 0 spiro atoms. The Balaban J connectivity index is 1.67. The topological polar surface area (TPSA) is 30.2 Å². The molecule has 1 aliphatic rings. The fourth-order valence-electron chi connectivity index (χ4n) is 2.53. The molecule has 0 saturated carbocycles. The molecule has 4 rings (SSSR count). The molecule has 24 heavy (non-hydrogen) atoms. The van der Waals surface area contributed by atoms with Crippen LogP contribution in [0.25, 0.3) is 17.4 Å². The summed E-state index contributed by atoms with van der Waals surface area (Å²) in [6.45, 7) is 0. The zero-order valence-electron chi connectivity index (χ0n) is 12.3. The smallest absolute Gasteiger partial charge is 0.200 e. The van der Waals surface area contributed by atoms with Gasteiger partial charge in [0.1, 0.15) is 11.5 Å². The maximum atomic E-state index is 12.4. The van der Waals surface area contributed by atoms with Crippen LogP contribution in [0.1, 0.15) is 16.1 Å². The van der Waals surface area contributed by atoms with Crippen molar-refractivity contribution in [3.63, 3.8) is 0 Å². The Labute approximate surface area is 153 Å². The van der Waals surface area contributed by atoms with Crippen LogP contribution in [-0.2, 0) is 0 Å². The summed E-state index contributed by atoms with van der Waals surface area (Å²) in [5.41, 5.74) is 1.46. The Morgan fingerprint density at radius 3 is 2.62 bits per heavy atom. The number of furan rings is 1. The molecule has 0 radical (unpaired) electrons. The number of thioether (sulfide) groups is 1. The SMILES string of the molecule is O=C1C(=Cc2ccc(-c3cc(Cl)ccc3Cl)o2)Sc2ccccc21. The van der Waals surface area contributed by atoms with Crippen molar-refractivity contribution in [1.82, 2.24) is 0 Å². The highest BCUT2D eigenvalue weighted by atomic mass is 35.5. The van der Waals surface area contributed by atoms with Gasteiger partial charge in [-0.1, -0.05) is 47.1 Å². The van der Waals surface area contributed by atoms with Gasteiger partial charge in [0.05, 0.1) is 9.93 Å². The number of hydrogen-bond donors (Lipinski definition) is 0. The minimum absolute atomic E-state index is 0.0225. The second-order valence-corrected chi connectivity index (χ2v) is 7.19. The Morgan fingerprint density at radius 1 is 0.958 bits per heavy atom. The highest BCUT2D eigenvalue weighted by molar-refractivity contribution is 8.04. The normalized spacial score (nSPS) is 15.1. The van der Waals surface area contributed by atoms with E-state index in [0.29, 0.717) is 26.5 Å². The lowest BCUT2D eigenvalue weighted by atomic mass is 10.1. The van der Waals surface area contributed by atoms with Crippen molar-refractivity contribution in [3.05, 3.63) is 80.9 Å². The van der Waals surface area contributed by atoms with Gasteiger partial charge >= 0.3 is 0 Å². The summed E-state index contributed by atoms with van der Waals surface area (Å²) in [6.07, 6.45) is 1.76. The number of carbonyl (C=O) groups is 1. The average Bonchev–Trinajstić information content (AvgIpc) is 3.16. The lowest BCUT2D eigenvalue weighted by Crippen LogP contribution is -1.93. The van der Waals surface area contributed by atoms with Gasteiger partial charge in [0.2, 0.25) is 5.78 Å². The molecule has 0 saturated heterocycles. The van der Waals surface area contributed by atoms with Crippen LogP contribution in [-0.4, -0.2) is 5.78 Å². The van der Waals surface area contributed by atoms with Gasteiger partial charge in [0, 0.05) is 21.0 Å². The summed E-state index contributed by atoms with van der Waals surface area (Å²) in [5, 5.41) is 1.15. The van der Waals surface area contributed by atoms with Crippen molar-refractivity contribution in [1.29, 1.82) is 0 Å². The van der Waals surface area contributed by atoms with Crippen LogP contribution in [0.2, 0.25) is 10.0 Å². The number of carbonyl (C=O) groups excluding carboxylic acids is 1. The molecular weight excluding hydrogens is 363 g/mol. The molecule has 0 unspecified atom stereocenters. The minimum atomic E-state index is 0.0225. The molecule has 3 aromatic rings. The number of ketones is 1. The lowest BCUT2D eigenvalue weighted by molar-refractivity contribution is 0.104. The molecule has 5 heteroatoms. The third kappa shape index (κ3) is 2.80. The van der Waals surface area contributed by atoms with Gasteiger partial charge in [-0.2, -0.15) is 0 Å². The molecule has 2 nitrogen and oxygen atoms in total. The number of hydrogen-bond acceptors (Lipinski definition) is 3. The van der Waals surface area contributed by atoms with Gasteiger partial charge in [-0.15, -0.1) is 0 Å². The number of rotatable bonds is 2. The molecule has 2 heterocycles. The van der Waals surface area contributed by atoms with E-state index in [0.717, 1.165) is 16.0 Å². The Morgan fingerprint density at radius 2 is 1.79 bits per heavy atom. The van der Waals surface area contributed by atoms with E-state index in [1.54, 1.807) is 24.3 Å². The first-order valence-corrected chi connectivity index (χ1v) is 8.77. The average molecular weight is 373 g/mol. The summed E-state index contributed by atoms with van der Waals surface area (Å²) in [5.74, 6) is 1.24. The third-order valence-electron chi connectivity index (χ3n) is 3.67. The van der Waals surface area contributed by atoms with E-state index in [9.17, 15) is 4.79 Å². The van der Waals surface area contributed by atoms with Crippen molar-refractivity contribution < 1.29 is 9.21 Å². The maximum Gasteiger partial charge on any atom is 0.200 e. The molecule has 0 N–H and O–H groups in total. The summed E-state index contributed by atoms with van der Waals surface area (Å²) < 4.78 is 5.83. The van der Waals surface area contributed by atoms with Crippen LogP contribution < -0.4 is 0 Å². The third-order valence-corrected chi connectivity index (χ3v) is 5.33. The van der Waals surface area contributed by atoms with Gasteiger partial charge in [0.25, 0.3) is 0 Å². The van der Waals surface area contributed by atoms with Crippen LogP contribution in [0.4, 0.5) is 0 Å². The molecule has 118 valence electrons. The molecule has 0 fully saturated rings. The van der Waals surface area contributed by atoms with E-state index >= 15 is 0 Å². The molecule has 2 aromatic carbocycles. The van der Waals surface area contributed by atoms with E-state index in [-0.39, 0.29) is 5.78 Å². The highest BCUT2D eigenvalue weighted by Crippen LogP contribution is 2.41. The van der Waals surface area contributed by atoms with Gasteiger partial charge < -0.3 is 4.42 Å². The summed E-state index contributed by atoms with van der Waals surface area (Å²) in [6, 6.07) is 16.4. The molecular formula is C19H10Cl2O2S. The van der Waals surface area contributed by atoms with Crippen LogP contribution in [0.5, 0.6) is 0 Å². The molecule has 0 aliphatic carbocycles. The predicted octanol–water partition coefficient (Wildman–Crippen LogP) is 6.58. The fourth-order valence-corrected chi connectivity index (χ4v) is 3.94. The van der Waals surface area contributed by atoms with E-state index in [2.05, 4.69) is 0 Å². The predicted molar refractivity (Wildman–Crippen MR) is 98.8 cm³/mol. The Bertz CT molecular complexity index is 989. The van der Waals surface area contributed by atoms with Crippen LogP contribution >= 0.6 is 35.0 Å². The molecule has 0 bridgehead atoms. The van der Waals surface area contributed by atoms with Gasteiger partial charge in [-0.05, 0) is 48.5 Å². The number of Topliss-reactive ketones (excluding diaryl/α,β-unsaturated/α-hetero) is 1. The quantitative estimate of drug-likeness (QED) is 0.475. The first-order valence-electron chi connectivity index (χ1n) is 7.20. The van der Waals surface area contributed by atoms with Gasteiger partial charge in [-0.3, -0.25) is 4.79 Å². The zero-order chi connectivity index (χ0) is 16.7. The van der Waals surface area contributed by atoms with Crippen molar-refractivity contribution in [2.45, 2.75) is 4.90 Å². The van der Waals surface area contributed by atoms with Crippen molar-refractivity contribution in [2.24, 2.45) is 0 Å². The second kappa shape index (κ2) is 6.17. The number of halogens is 2. The molecule has 1 aliphatic heterocycles. The highest BCUT2D eigenvalue weighted by Gasteiger charge is 2.25. The first kappa shape index (κ1) is 15.6. The largest absolute Gasteiger partial charge is 0.457 e. The summed E-state index contributed by atoms with van der Waals surface area (Å²) >= 11 is 13.7. The maximum absolute atomic E-state index is 12.4. The minimum Gasteiger partial charge on any atom is -0.457 e. The number of fused-ring (bicyclic) bond motifs is 1. The van der Waals surface area contributed by atoms with Crippen LogP contribution in [0.15, 0.2) is 68.8 Å². The molecule has 0 amide bonds. The van der Waals surface area contributed by atoms with E-state index in [4.69, 9.17) is 27.6 Å². The standard InChI is InChI=1S/C19H10Cl2O2S/c20-11-5-7-15(21)14(9-11)16-8-6-12(23-16)10-18-19(22)13-3-1-2-4-17(13)24-18/h1-10H. The Hall–Kier alpha value is -1.94. The van der Waals surface area contributed by atoms with Crippen molar-refractivity contribution in [2.75, 3.05) is 0 Å². The zero-order valence-corrected chi connectivity index (χ0v) is 14.6. The Kier molecular flexibility index (Phi) is 4.01. The van der Waals surface area contributed by atoms with E-state index in [1.807, 2.05) is 36.4 Å². The van der Waals surface area contributed by atoms with Gasteiger partial charge in [-0.25, -0.2) is 0 Å². The van der Waals surface area contributed by atoms with Gasteiger partial charge in [0.15, 0.2) is 0 Å². The molecule has 0 atom stereocenters. The van der Waals surface area contributed by atoms with E-state index in [1.165, 1.54) is 11.8 Å². The van der Waals surface area contributed by atoms with Crippen molar-refractivity contribution in [3.8, 4) is 11.3 Å². The number of benzene rings is 2. The summed E-state index contributed by atoms with van der Waals surface area (Å²) in [4.78, 5) is 14.0. The van der Waals surface area contributed by atoms with Crippen LogP contribution in [0, 0.1) is 0 Å². The second-order valence-electron chi connectivity index (χ2n) is 5.26. The van der Waals surface area contributed by atoms with Crippen molar-refractivity contribution >= 4 is 46.8 Å². The molecule has 1 aromatic heterocycles. The monoisotopic (exact) mass is 372 g/mol. The number of allylic oxidation sites excluding steroid dienone is 1.